The predicted molar refractivity (Wildman–Crippen MR) is 96.4 cm³/mol. The Kier molecular flexibility index (Phi) is 4.24. The van der Waals surface area contributed by atoms with Crippen LogP contribution >= 0.6 is 11.3 Å². The number of likely N-dealkylation sites (N-methyl/N-ethyl adjacent to an activating group) is 1. The lowest BCUT2D eigenvalue weighted by Gasteiger charge is -2.35. The number of nitrogens with zero attached hydrogens (tertiary/aromatic N) is 3. The van der Waals surface area contributed by atoms with Crippen molar-refractivity contribution in [2.24, 2.45) is 5.92 Å². The van der Waals surface area contributed by atoms with Crippen molar-refractivity contribution in [2.75, 3.05) is 25.5 Å². The first-order valence-corrected chi connectivity index (χ1v) is 9.34. The number of likely N-dealkylation sites (tertiary alicyclic amines) is 2. The summed E-state index contributed by atoms with van der Waals surface area (Å²) in [5.74, 6) is 0.499. The van der Waals surface area contributed by atoms with Crippen LogP contribution in [0.15, 0.2) is 35.7 Å². The largest absolute Gasteiger partial charge is 0.344 e. The van der Waals surface area contributed by atoms with Crippen LogP contribution in [0.2, 0.25) is 0 Å². The van der Waals surface area contributed by atoms with Gasteiger partial charge in [-0.25, -0.2) is 4.98 Å². The number of fused-ring (bicyclic) bond motifs is 1. The third-order valence-electron chi connectivity index (χ3n) is 4.99. The van der Waals surface area contributed by atoms with Crippen LogP contribution < -0.4 is 5.32 Å². The lowest BCUT2D eigenvalue weighted by molar-refractivity contribution is -0.130. The van der Waals surface area contributed by atoms with Crippen LogP contribution in [0.25, 0.3) is 0 Å². The van der Waals surface area contributed by atoms with Gasteiger partial charge in [0, 0.05) is 37.2 Å². The second-order valence-corrected chi connectivity index (χ2v) is 7.50. The Bertz CT molecular complexity index is 717. The van der Waals surface area contributed by atoms with Crippen molar-refractivity contribution in [3.8, 4) is 0 Å². The Labute approximate surface area is 146 Å². The fraction of sp³-hybridized carbons (Fsp3) is 0.444. The second-order valence-electron chi connectivity index (χ2n) is 6.64. The molecule has 1 aromatic heterocycles. The summed E-state index contributed by atoms with van der Waals surface area (Å²) in [6.45, 7) is 2.74. The van der Waals surface area contributed by atoms with Crippen LogP contribution in [0.1, 0.15) is 18.5 Å². The van der Waals surface area contributed by atoms with Gasteiger partial charge in [-0.05, 0) is 31.5 Å². The molecule has 1 aromatic carbocycles. The minimum absolute atomic E-state index is 0.185. The summed E-state index contributed by atoms with van der Waals surface area (Å²) in [4.78, 5) is 21.3. The number of carbonyl (C=O) groups is 1. The fourth-order valence-corrected chi connectivity index (χ4v) is 4.52. The number of amides is 1. The number of aromatic nitrogens is 1. The van der Waals surface area contributed by atoms with E-state index in [0.29, 0.717) is 11.9 Å². The van der Waals surface area contributed by atoms with Crippen molar-refractivity contribution in [3.05, 3.63) is 41.4 Å². The summed E-state index contributed by atoms with van der Waals surface area (Å²) < 4.78 is 0. The summed E-state index contributed by atoms with van der Waals surface area (Å²) >= 11 is 1.63. The Balaban J connectivity index is 1.43. The number of carbonyl (C=O) groups excluding carboxylic acids is 1. The van der Waals surface area contributed by atoms with Gasteiger partial charge < -0.3 is 10.2 Å². The van der Waals surface area contributed by atoms with Gasteiger partial charge in [0.1, 0.15) is 0 Å². The molecule has 1 N–H and O–H groups in total. The lowest BCUT2D eigenvalue weighted by atomic mass is 9.91. The van der Waals surface area contributed by atoms with E-state index >= 15 is 0 Å². The van der Waals surface area contributed by atoms with Crippen molar-refractivity contribution < 1.29 is 4.79 Å². The molecule has 6 heteroatoms. The zero-order chi connectivity index (χ0) is 16.5. The van der Waals surface area contributed by atoms with Gasteiger partial charge in [-0.3, -0.25) is 9.69 Å². The molecule has 0 unspecified atom stereocenters. The maximum atomic E-state index is 12.2. The van der Waals surface area contributed by atoms with Crippen LogP contribution in [-0.4, -0.2) is 46.9 Å². The SMILES string of the molecule is CN1C[C@@H]2[C@@H](CCCN2Cc2csc(Nc3ccccc3)n2)C1=O. The molecule has 2 aliphatic heterocycles. The number of benzene rings is 1. The summed E-state index contributed by atoms with van der Waals surface area (Å²) in [6.07, 6.45) is 2.13. The van der Waals surface area contributed by atoms with E-state index < -0.39 is 0 Å². The Morgan fingerprint density at radius 1 is 1.33 bits per heavy atom. The number of anilines is 2. The molecule has 2 aromatic rings. The molecular formula is C18H22N4OS. The molecule has 2 fully saturated rings. The minimum Gasteiger partial charge on any atom is -0.344 e. The lowest BCUT2D eigenvalue weighted by Crippen LogP contribution is -2.44. The third-order valence-corrected chi connectivity index (χ3v) is 5.80. The first-order chi connectivity index (χ1) is 11.7. The zero-order valence-electron chi connectivity index (χ0n) is 13.8. The molecule has 0 spiro atoms. The van der Waals surface area contributed by atoms with Gasteiger partial charge in [0.25, 0.3) is 0 Å². The molecule has 126 valence electrons. The Morgan fingerprint density at radius 2 is 2.17 bits per heavy atom. The van der Waals surface area contributed by atoms with Gasteiger partial charge in [0.15, 0.2) is 5.13 Å². The molecule has 2 saturated heterocycles. The Hall–Kier alpha value is -1.92. The number of piperidine rings is 1. The van der Waals surface area contributed by atoms with E-state index in [0.717, 1.165) is 49.0 Å². The highest BCUT2D eigenvalue weighted by Crippen LogP contribution is 2.32. The van der Waals surface area contributed by atoms with Crippen LogP contribution in [0, 0.1) is 5.92 Å². The smallest absolute Gasteiger partial charge is 0.227 e. The van der Waals surface area contributed by atoms with E-state index in [4.69, 9.17) is 4.98 Å². The zero-order valence-corrected chi connectivity index (χ0v) is 14.6. The molecule has 2 atom stereocenters. The quantitative estimate of drug-likeness (QED) is 0.928. The molecular weight excluding hydrogens is 320 g/mol. The van der Waals surface area contributed by atoms with Crippen molar-refractivity contribution in [1.29, 1.82) is 0 Å². The highest BCUT2D eigenvalue weighted by atomic mass is 32.1. The molecule has 0 bridgehead atoms. The van der Waals surface area contributed by atoms with Crippen molar-refractivity contribution in [1.82, 2.24) is 14.8 Å². The van der Waals surface area contributed by atoms with Crippen molar-refractivity contribution >= 4 is 28.1 Å². The van der Waals surface area contributed by atoms with Crippen LogP contribution in [0.4, 0.5) is 10.8 Å². The average molecular weight is 342 g/mol. The highest BCUT2D eigenvalue weighted by Gasteiger charge is 2.43. The molecule has 3 heterocycles. The number of nitrogens with one attached hydrogen (secondary N) is 1. The van der Waals surface area contributed by atoms with E-state index in [1.165, 1.54) is 0 Å². The summed E-state index contributed by atoms with van der Waals surface area (Å²) in [6, 6.07) is 10.5. The van der Waals surface area contributed by atoms with Crippen LogP contribution in [0.5, 0.6) is 0 Å². The van der Waals surface area contributed by atoms with E-state index in [9.17, 15) is 4.79 Å². The second kappa shape index (κ2) is 6.53. The number of rotatable bonds is 4. The monoisotopic (exact) mass is 342 g/mol. The maximum Gasteiger partial charge on any atom is 0.227 e. The molecule has 0 radical (unpaired) electrons. The molecule has 24 heavy (non-hydrogen) atoms. The number of para-hydroxylation sites is 1. The molecule has 2 aliphatic rings. The molecule has 0 aliphatic carbocycles. The van der Waals surface area contributed by atoms with E-state index in [2.05, 4.69) is 15.6 Å². The van der Waals surface area contributed by atoms with E-state index in [-0.39, 0.29) is 5.92 Å². The molecule has 0 saturated carbocycles. The number of hydrogen-bond donors (Lipinski definition) is 1. The standard InChI is InChI=1S/C18H22N4OS/c1-21-11-16-15(17(21)23)8-5-9-22(16)10-14-12-24-18(20-14)19-13-6-3-2-4-7-13/h2-4,6-7,12,15-16H,5,8-11H2,1H3,(H,19,20)/t15-,16-/m1/s1. The van der Waals surface area contributed by atoms with Gasteiger partial charge in [-0.15, -0.1) is 11.3 Å². The van der Waals surface area contributed by atoms with Crippen LogP contribution in [0.3, 0.4) is 0 Å². The van der Waals surface area contributed by atoms with E-state index in [1.807, 2.05) is 42.3 Å². The minimum atomic E-state index is 0.185. The first-order valence-electron chi connectivity index (χ1n) is 8.46. The van der Waals surface area contributed by atoms with Gasteiger partial charge >= 0.3 is 0 Å². The summed E-state index contributed by atoms with van der Waals surface area (Å²) in [7, 11) is 1.92. The van der Waals surface area contributed by atoms with Gasteiger partial charge in [0.2, 0.25) is 5.91 Å². The van der Waals surface area contributed by atoms with Crippen molar-refractivity contribution in [2.45, 2.75) is 25.4 Å². The normalized spacial score (nSPS) is 24.2. The molecule has 1 amide bonds. The predicted octanol–water partition coefficient (Wildman–Crippen LogP) is 2.94. The van der Waals surface area contributed by atoms with Gasteiger partial charge in [0.05, 0.1) is 11.6 Å². The van der Waals surface area contributed by atoms with Gasteiger partial charge in [-0.1, -0.05) is 18.2 Å². The van der Waals surface area contributed by atoms with Crippen molar-refractivity contribution in [3.63, 3.8) is 0 Å². The highest BCUT2D eigenvalue weighted by molar-refractivity contribution is 7.13. The summed E-state index contributed by atoms with van der Waals surface area (Å²) in [5, 5.41) is 6.39. The molecule has 4 rings (SSSR count). The number of thiazole rings is 1. The topological polar surface area (TPSA) is 48.5 Å². The fourth-order valence-electron chi connectivity index (χ4n) is 3.80. The Morgan fingerprint density at radius 3 is 3.00 bits per heavy atom. The number of hydrogen-bond acceptors (Lipinski definition) is 5. The third kappa shape index (κ3) is 3.03. The summed E-state index contributed by atoms with van der Waals surface area (Å²) in [5.41, 5.74) is 2.14. The van der Waals surface area contributed by atoms with Gasteiger partial charge in [-0.2, -0.15) is 0 Å². The maximum absolute atomic E-state index is 12.2. The van der Waals surface area contributed by atoms with E-state index in [1.54, 1.807) is 11.3 Å². The molecule has 5 nitrogen and oxygen atoms in total. The van der Waals surface area contributed by atoms with Crippen LogP contribution in [-0.2, 0) is 11.3 Å². The average Bonchev–Trinajstić information content (AvgIpc) is 3.15. The first kappa shape index (κ1) is 15.6.